The lowest BCUT2D eigenvalue weighted by molar-refractivity contribution is 0.978. The van der Waals surface area contributed by atoms with Gasteiger partial charge in [-0.1, -0.05) is 48.0 Å². The Morgan fingerprint density at radius 3 is 2.59 bits per heavy atom. The molecule has 132 valence electrons. The first-order valence-corrected chi connectivity index (χ1v) is 9.01. The number of benzene rings is 2. The molecule has 0 spiro atoms. The van der Waals surface area contributed by atoms with Gasteiger partial charge in [-0.2, -0.15) is 5.10 Å². The van der Waals surface area contributed by atoms with Crippen molar-refractivity contribution in [1.82, 2.24) is 24.8 Å². The van der Waals surface area contributed by atoms with Crippen molar-refractivity contribution in [2.24, 2.45) is 0 Å². The number of halogens is 1. The van der Waals surface area contributed by atoms with Crippen LogP contribution in [0.15, 0.2) is 54.6 Å². The molecule has 0 radical (unpaired) electrons. The topological polar surface area (TPSA) is 88.3 Å². The molecule has 0 aliphatic rings. The van der Waals surface area contributed by atoms with Gasteiger partial charge < -0.3 is 10.8 Å². The van der Waals surface area contributed by atoms with Gasteiger partial charge in [-0.25, -0.2) is 14.8 Å². The normalized spacial score (nSPS) is 11.4. The lowest BCUT2D eigenvalue weighted by atomic mass is 10.1. The highest BCUT2D eigenvalue weighted by Gasteiger charge is 2.18. The van der Waals surface area contributed by atoms with E-state index in [1.807, 2.05) is 48.5 Å². The predicted molar refractivity (Wildman–Crippen MR) is 111 cm³/mol. The molecule has 0 bridgehead atoms. The SMILES string of the molecule is Nn1c(-c2cc3c([nH]c4ccccc43)c(-c3ccccc3Cl)n2)n[nH]c1=S. The van der Waals surface area contributed by atoms with E-state index in [2.05, 4.69) is 21.2 Å². The molecule has 0 aliphatic heterocycles. The first-order valence-electron chi connectivity index (χ1n) is 8.22. The van der Waals surface area contributed by atoms with Crippen molar-refractivity contribution in [1.29, 1.82) is 0 Å². The maximum Gasteiger partial charge on any atom is 0.214 e. The van der Waals surface area contributed by atoms with Crippen LogP contribution in [0.2, 0.25) is 5.02 Å². The highest BCUT2D eigenvalue weighted by molar-refractivity contribution is 7.71. The number of nitrogens with zero attached hydrogens (tertiary/aromatic N) is 3. The number of hydrogen-bond donors (Lipinski definition) is 3. The molecular formula is C19H13ClN6S. The van der Waals surface area contributed by atoms with Crippen LogP contribution in [0.4, 0.5) is 0 Å². The van der Waals surface area contributed by atoms with Gasteiger partial charge in [0.1, 0.15) is 5.69 Å². The maximum atomic E-state index is 6.47. The Bertz CT molecular complexity index is 1380. The van der Waals surface area contributed by atoms with Gasteiger partial charge in [-0.15, -0.1) is 0 Å². The van der Waals surface area contributed by atoms with Gasteiger partial charge in [0.2, 0.25) is 4.77 Å². The molecule has 4 N–H and O–H groups in total. The van der Waals surface area contributed by atoms with Crippen molar-refractivity contribution in [3.8, 4) is 22.8 Å². The first-order chi connectivity index (χ1) is 13.1. The van der Waals surface area contributed by atoms with Crippen molar-refractivity contribution in [3.05, 3.63) is 64.4 Å². The lowest BCUT2D eigenvalue weighted by Crippen LogP contribution is -2.10. The third-order valence-electron chi connectivity index (χ3n) is 4.56. The average molecular weight is 393 g/mol. The summed E-state index contributed by atoms with van der Waals surface area (Å²) >= 11 is 11.6. The molecule has 6 nitrogen and oxygen atoms in total. The van der Waals surface area contributed by atoms with E-state index < -0.39 is 0 Å². The van der Waals surface area contributed by atoms with E-state index in [9.17, 15) is 0 Å². The summed E-state index contributed by atoms with van der Waals surface area (Å²) in [6.45, 7) is 0. The van der Waals surface area contributed by atoms with Crippen LogP contribution >= 0.6 is 23.8 Å². The molecule has 0 saturated heterocycles. The van der Waals surface area contributed by atoms with Crippen molar-refractivity contribution in [2.45, 2.75) is 0 Å². The van der Waals surface area contributed by atoms with Crippen molar-refractivity contribution < 1.29 is 0 Å². The fraction of sp³-hybridized carbons (Fsp3) is 0. The zero-order valence-electron chi connectivity index (χ0n) is 13.9. The number of rotatable bonds is 2. The number of aromatic nitrogens is 5. The third-order valence-corrected chi connectivity index (χ3v) is 5.18. The number of para-hydroxylation sites is 1. The summed E-state index contributed by atoms with van der Waals surface area (Å²) in [7, 11) is 0. The minimum absolute atomic E-state index is 0.324. The summed E-state index contributed by atoms with van der Waals surface area (Å²) < 4.78 is 1.64. The minimum Gasteiger partial charge on any atom is -0.353 e. The van der Waals surface area contributed by atoms with Crippen LogP contribution in [0.5, 0.6) is 0 Å². The molecule has 2 aromatic carbocycles. The van der Waals surface area contributed by atoms with E-state index in [0.29, 0.717) is 21.3 Å². The standard InChI is InChI=1S/C19H13ClN6S/c20-13-7-3-1-6-11(13)16-17-12(10-5-2-4-8-14(10)22-17)9-15(23-16)18-24-25-19(27)26(18)21/h1-9,22H,21H2,(H,25,27). The first kappa shape index (κ1) is 16.0. The summed E-state index contributed by atoms with van der Waals surface area (Å²) in [6, 6.07) is 17.7. The Balaban J connectivity index is 1.93. The Hall–Kier alpha value is -3.16. The fourth-order valence-electron chi connectivity index (χ4n) is 3.29. The number of nitrogens with two attached hydrogens (primary N) is 1. The van der Waals surface area contributed by atoms with Crippen LogP contribution in [0.25, 0.3) is 44.6 Å². The molecule has 5 rings (SSSR count). The lowest BCUT2D eigenvalue weighted by Gasteiger charge is -2.08. The van der Waals surface area contributed by atoms with E-state index in [0.717, 1.165) is 33.1 Å². The molecule has 0 aliphatic carbocycles. The van der Waals surface area contributed by atoms with Gasteiger partial charge in [0, 0.05) is 21.9 Å². The summed E-state index contributed by atoms with van der Waals surface area (Å²) in [5.41, 5.74) is 4.10. The number of H-pyrrole nitrogens is 2. The molecule has 5 aromatic rings. The van der Waals surface area contributed by atoms with E-state index >= 15 is 0 Å². The van der Waals surface area contributed by atoms with E-state index in [1.165, 1.54) is 4.68 Å². The Morgan fingerprint density at radius 2 is 1.81 bits per heavy atom. The second-order valence-electron chi connectivity index (χ2n) is 6.15. The molecule has 3 aromatic heterocycles. The number of hydrogen-bond acceptors (Lipinski definition) is 4. The number of fused-ring (bicyclic) bond motifs is 3. The summed E-state index contributed by atoms with van der Waals surface area (Å²) in [5, 5.41) is 9.65. The predicted octanol–water partition coefficient (Wildman–Crippen LogP) is 4.67. The van der Waals surface area contributed by atoms with E-state index in [1.54, 1.807) is 0 Å². The largest absolute Gasteiger partial charge is 0.353 e. The summed E-state index contributed by atoms with van der Waals surface area (Å²) in [6.07, 6.45) is 0. The highest BCUT2D eigenvalue weighted by Crippen LogP contribution is 2.37. The molecular weight excluding hydrogens is 380 g/mol. The second-order valence-corrected chi connectivity index (χ2v) is 6.95. The van der Waals surface area contributed by atoms with Crippen molar-refractivity contribution in [3.63, 3.8) is 0 Å². The third kappa shape index (κ3) is 2.43. The Morgan fingerprint density at radius 1 is 1.04 bits per heavy atom. The number of nitrogen functional groups attached to an aromatic ring is 1. The van der Waals surface area contributed by atoms with Crippen LogP contribution in [-0.4, -0.2) is 24.8 Å². The Labute approximate surface area is 163 Å². The zero-order chi connectivity index (χ0) is 18.5. The second kappa shape index (κ2) is 5.94. The average Bonchev–Trinajstić information content (AvgIpc) is 3.22. The summed E-state index contributed by atoms with van der Waals surface area (Å²) in [5.74, 6) is 6.49. The molecule has 0 atom stereocenters. The van der Waals surface area contributed by atoms with Crippen LogP contribution in [0.3, 0.4) is 0 Å². The monoisotopic (exact) mass is 392 g/mol. The Kier molecular flexibility index (Phi) is 3.53. The molecule has 3 heterocycles. The molecule has 0 fully saturated rings. The molecule has 0 amide bonds. The number of pyridine rings is 1. The van der Waals surface area contributed by atoms with Crippen LogP contribution in [0.1, 0.15) is 0 Å². The number of nitrogens with one attached hydrogen (secondary N) is 2. The minimum atomic E-state index is 0.324. The van der Waals surface area contributed by atoms with E-state index in [-0.39, 0.29) is 0 Å². The van der Waals surface area contributed by atoms with Crippen molar-refractivity contribution in [2.75, 3.05) is 5.84 Å². The zero-order valence-corrected chi connectivity index (χ0v) is 15.5. The van der Waals surface area contributed by atoms with Gasteiger partial charge in [-0.05, 0) is 30.4 Å². The van der Waals surface area contributed by atoms with Gasteiger partial charge in [0.25, 0.3) is 0 Å². The fourth-order valence-corrected chi connectivity index (χ4v) is 3.65. The van der Waals surface area contributed by atoms with Gasteiger partial charge in [-0.3, -0.25) is 0 Å². The molecule has 0 saturated carbocycles. The van der Waals surface area contributed by atoms with Crippen LogP contribution < -0.4 is 5.84 Å². The molecule has 27 heavy (non-hydrogen) atoms. The van der Waals surface area contributed by atoms with Crippen LogP contribution in [-0.2, 0) is 0 Å². The highest BCUT2D eigenvalue weighted by atomic mass is 35.5. The van der Waals surface area contributed by atoms with Gasteiger partial charge in [0.15, 0.2) is 5.82 Å². The molecule has 0 unspecified atom stereocenters. The van der Waals surface area contributed by atoms with Crippen LogP contribution in [0, 0.1) is 4.77 Å². The maximum absolute atomic E-state index is 6.47. The van der Waals surface area contributed by atoms with Crippen molar-refractivity contribution >= 4 is 45.6 Å². The van der Waals surface area contributed by atoms with E-state index in [4.69, 9.17) is 34.6 Å². The number of aromatic amines is 2. The summed E-state index contributed by atoms with van der Waals surface area (Å²) in [4.78, 5) is 8.29. The molecule has 8 heteroatoms. The van der Waals surface area contributed by atoms with Gasteiger partial charge >= 0.3 is 0 Å². The quantitative estimate of drug-likeness (QED) is 0.301. The van der Waals surface area contributed by atoms with Gasteiger partial charge in [0.05, 0.1) is 16.2 Å². The smallest absolute Gasteiger partial charge is 0.214 e.